The third kappa shape index (κ3) is 27.7. The van der Waals surface area contributed by atoms with Gasteiger partial charge in [0.05, 0.1) is 26.2 Å². The van der Waals surface area contributed by atoms with Crippen molar-refractivity contribution in [2.24, 2.45) is 0 Å². The van der Waals surface area contributed by atoms with E-state index >= 15 is 0 Å². The summed E-state index contributed by atoms with van der Waals surface area (Å²) in [7, 11) is -10.7. The van der Waals surface area contributed by atoms with Crippen molar-refractivity contribution < 1.29 is 78.0 Å². The predicted molar refractivity (Wildman–Crippen MR) is 263 cm³/mol. The van der Waals surface area contributed by atoms with E-state index in [0.29, 0.717) is 65.2 Å². The number of carboxylic acid groups (broad SMARTS) is 1. The minimum atomic E-state index is -10.7. The van der Waals surface area contributed by atoms with Crippen molar-refractivity contribution >= 4 is 43.7 Å². The van der Waals surface area contributed by atoms with Crippen LogP contribution in [0.1, 0.15) is 98.6 Å². The predicted octanol–water partition coefficient (Wildman–Crippen LogP) is 7.89. The van der Waals surface area contributed by atoms with Crippen LogP contribution in [0.25, 0.3) is 11.1 Å². The Kier molecular flexibility index (Phi) is 21.7. The molecule has 17 nitrogen and oxygen atoms in total. The standard InChI is InChI=1S/C49H74N6O11.F6P/c1-47(2,3)64-42(57)31-53-24-22-52(23-25-54(32-43(58)65-48(4,5)6)27-29-55(28-26-53)33-44(59)66-49(7,8)9)30-41(56)50-21-15-14-20-40(45(60)61)51-46(62)63-34-39-37-18-12-10-16-35(37)36-17-11-13-19-38(36)39;1-7(2,3,4,5)6/h10-13,16-19,39-40H,14-15,20-34H2,1-9H3,(H,50,56)(H,51,62)(H,60,61);/q;-1/t40-;/m0./s1. The Balaban J connectivity index is 0.00000187. The Morgan fingerprint density at radius 2 is 0.932 bits per heavy atom. The quantitative estimate of drug-likeness (QED) is 0.0454. The Bertz CT molecular complexity index is 2100. The number of nitrogens with zero attached hydrogens (tertiary/aromatic N) is 4. The van der Waals surface area contributed by atoms with Gasteiger partial charge in [0.25, 0.3) is 0 Å². The molecule has 1 saturated heterocycles. The number of carboxylic acids is 1. The van der Waals surface area contributed by atoms with Crippen molar-refractivity contribution in [3.05, 3.63) is 59.7 Å². The zero-order chi connectivity index (χ0) is 55.1. The molecule has 73 heavy (non-hydrogen) atoms. The van der Waals surface area contributed by atoms with Gasteiger partial charge in [-0.15, -0.1) is 0 Å². The molecule has 1 heterocycles. The number of aliphatic carboxylic acids is 1. The molecular weight excluding hydrogens is 994 g/mol. The van der Waals surface area contributed by atoms with Crippen molar-refractivity contribution in [1.82, 2.24) is 30.2 Å². The van der Waals surface area contributed by atoms with Crippen molar-refractivity contribution in [3.63, 3.8) is 0 Å². The summed E-state index contributed by atoms with van der Waals surface area (Å²) in [4.78, 5) is 85.3. The van der Waals surface area contributed by atoms with E-state index in [9.17, 15) is 59.1 Å². The minimum absolute atomic E-state index is 0.00976. The van der Waals surface area contributed by atoms with Gasteiger partial charge in [-0.3, -0.25) is 38.8 Å². The average Bonchev–Trinajstić information content (AvgIpc) is 3.53. The number of fused-ring (bicyclic) bond motifs is 3. The van der Waals surface area contributed by atoms with E-state index in [1.165, 1.54) is 0 Å². The van der Waals surface area contributed by atoms with Gasteiger partial charge in [-0.25, -0.2) is 9.59 Å². The molecule has 1 fully saturated rings. The first-order chi connectivity index (χ1) is 33.4. The summed E-state index contributed by atoms with van der Waals surface area (Å²) < 4.78 is 81.7. The van der Waals surface area contributed by atoms with Crippen LogP contribution in [0, 0.1) is 0 Å². The van der Waals surface area contributed by atoms with E-state index in [0.717, 1.165) is 22.3 Å². The van der Waals surface area contributed by atoms with Gasteiger partial charge >= 0.3 is 63.0 Å². The first kappa shape index (κ1) is 62.2. The van der Waals surface area contributed by atoms with Crippen molar-refractivity contribution in [3.8, 4) is 11.1 Å². The molecule has 1 aliphatic carbocycles. The summed E-state index contributed by atoms with van der Waals surface area (Å²) in [5.41, 5.74) is 2.26. The normalized spacial score (nSPS) is 17.3. The van der Waals surface area contributed by atoms with Gasteiger partial charge in [0.15, 0.2) is 0 Å². The Labute approximate surface area is 423 Å². The molecule has 1 aliphatic heterocycles. The van der Waals surface area contributed by atoms with Gasteiger partial charge in [0, 0.05) is 64.8 Å². The number of hydrogen-bond donors (Lipinski definition) is 3. The number of benzene rings is 2. The van der Waals surface area contributed by atoms with Crippen molar-refractivity contribution in [1.29, 1.82) is 0 Å². The molecule has 3 N–H and O–H groups in total. The van der Waals surface area contributed by atoms with Gasteiger partial charge in [0.1, 0.15) is 29.5 Å². The number of unbranched alkanes of at least 4 members (excludes halogenated alkanes) is 1. The zero-order valence-electron chi connectivity index (χ0n) is 43.3. The van der Waals surface area contributed by atoms with E-state index in [4.69, 9.17) is 18.9 Å². The SMILES string of the molecule is CC(C)(C)OC(=O)CN1CCN(CC(=O)NCCCC[C@H](NC(=O)OCC2c3ccccc3-c3ccccc32)C(=O)O)CCN(CC(=O)OC(C)(C)C)CCN(CC(=O)OC(C)(C)C)CC1.F[P-](F)(F)(F)(F)F. The Morgan fingerprint density at radius 3 is 1.27 bits per heavy atom. The van der Waals surface area contributed by atoms with Gasteiger partial charge in [-0.1, -0.05) is 48.5 Å². The number of amides is 2. The van der Waals surface area contributed by atoms with Crippen LogP contribution in [0.4, 0.5) is 30.0 Å². The van der Waals surface area contributed by atoms with Crippen LogP contribution in [0.3, 0.4) is 0 Å². The molecule has 4 rings (SSSR count). The fraction of sp³-hybridized carbons (Fsp3) is 0.633. The Hall–Kier alpha value is -5.09. The number of esters is 3. The Morgan fingerprint density at radius 1 is 0.589 bits per heavy atom. The van der Waals surface area contributed by atoms with Gasteiger partial charge in [0.2, 0.25) is 5.91 Å². The number of alkyl carbamates (subject to hydrolysis) is 1. The fourth-order valence-corrected chi connectivity index (χ4v) is 7.88. The van der Waals surface area contributed by atoms with Crippen LogP contribution in [0.2, 0.25) is 0 Å². The topological polar surface area (TPSA) is 197 Å². The number of carbonyl (C=O) groups excluding carboxylic acids is 5. The van der Waals surface area contributed by atoms with Gasteiger partial charge in [-0.2, -0.15) is 0 Å². The molecule has 0 aromatic heterocycles. The number of rotatable bonds is 17. The number of halogens is 6. The molecule has 0 bridgehead atoms. The average molecular weight is 1070 g/mol. The molecule has 2 aromatic carbocycles. The van der Waals surface area contributed by atoms with E-state index in [1.807, 2.05) is 130 Å². The van der Waals surface area contributed by atoms with Crippen molar-refractivity contribution in [2.75, 3.05) is 91.7 Å². The summed E-state index contributed by atoms with van der Waals surface area (Å²) in [6, 6.07) is 14.8. The molecule has 0 spiro atoms. The van der Waals surface area contributed by atoms with Crippen LogP contribution in [-0.4, -0.2) is 175 Å². The first-order valence-electron chi connectivity index (χ1n) is 24.1. The molecular formula is C49H74F6N6O11P-. The number of carbonyl (C=O) groups is 6. The molecule has 0 radical (unpaired) electrons. The zero-order valence-corrected chi connectivity index (χ0v) is 44.2. The van der Waals surface area contributed by atoms with Crippen molar-refractivity contribution in [2.45, 2.75) is 110 Å². The summed E-state index contributed by atoms with van der Waals surface area (Å²) in [6.45, 7) is 20.0. The van der Waals surface area contributed by atoms with Crippen LogP contribution >= 0.6 is 7.81 Å². The van der Waals surface area contributed by atoms with E-state index in [1.54, 1.807) is 0 Å². The van der Waals surface area contributed by atoms with E-state index in [2.05, 4.69) is 10.6 Å². The fourth-order valence-electron chi connectivity index (χ4n) is 7.88. The maximum absolute atomic E-state index is 13.4. The molecule has 414 valence electrons. The molecule has 0 unspecified atom stereocenters. The van der Waals surface area contributed by atoms with Gasteiger partial charge in [-0.05, 0) is 104 Å². The number of nitrogens with one attached hydrogen (secondary N) is 2. The third-order valence-corrected chi connectivity index (χ3v) is 10.8. The molecule has 24 heteroatoms. The molecule has 2 amide bonds. The second kappa shape index (κ2) is 25.4. The van der Waals surface area contributed by atoms with Gasteiger partial charge < -0.3 is 34.7 Å². The first-order valence-corrected chi connectivity index (χ1v) is 26.1. The maximum atomic E-state index is 13.4. The second-order valence-electron chi connectivity index (χ2n) is 21.0. The summed E-state index contributed by atoms with van der Waals surface area (Å²) in [6.07, 6.45) is 0.206. The number of ether oxygens (including phenoxy) is 4. The molecule has 1 atom stereocenters. The third-order valence-electron chi connectivity index (χ3n) is 10.8. The number of hydrogen-bond acceptors (Lipinski definition) is 14. The second-order valence-corrected chi connectivity index (χ2v) is 22.9. The molecule has 2 aromatic rings. The summed E-state index contributed by atoms with van der Waals surface area (Å²) in [5, 5.41) is 15.3. The summed E-state index contributed by atoms with van der Waals surface area (Å²) in [5.74, 6) is -2.74. The van der Waals surface area contributed by atoms with Crippen LogP contribution in [-0.2, 0) is 42.9 Å². The van der Waals surface area contributed by atoms with E-state index in [-0.39, 0.29) is 75.5 Å². The van der Waals surface area contributed by atoms with Crippen LogP contribution < -0.4 is 10.6 Å². The monoisotopic (exact) mass is 1070 g/mol. The molecule has 2 aliphatic rings. The molecule has 0 saturated carbocycles. The van der Waals surface area contributed by atoms with Crippen LogP contribution in [0.5, 0.6) is 0 Å². The van der Waals surface area contributed by atoms with E-state index < -0.39 is 42.7 Å². The summed E-state index contributed by atoms with van der Waals surface area (Å²) >= 11 is 0. The van der Waals surface area contributed by atoms with Crippen LogP contribution in [0.15, 0.2) is 48.5 Å².